The lowest BCUT2D eigenvalue weighted by molar-refractivity contribution is -0.123. The second-order valence-electron chi connectivity index (χ2n) is 5.97. The van der Waals surface area contributed by atoms with Crippen molar-refractivity contribution < 1.29 is 13.2 Å². The van der Waals surface area contributed by atoms with Crippen molar-refractivity contribution in [1.82, 2.24) is 9.36 Å². The number of hydrogen-bond acceptors (Lipinski definition) is 6. The summed E-state index contributed by atoms with van der Waals surface area (Å²) in [5.74, 6) is -0.322. The number of nitrogens with one attached hydrogen (secondary N) is 1. The van der Waals surface area contributed by atoms with Crippen molar-refractivity contribution in [2.75, 3.05) is 4.72 Å². The average molecular weight is 383 g/mol. The van der Waals surface area contributed by atoms with Gasteiger partial charge in [-0.1, -0.05) is 32.4 Å². The predicted octanol–water partition coefficient (Wildman–Crippen LogP) is 2.44. The Labute approximate surface area is 151 Å². The van der Waals surface area contributed by atoms with Gasteiger partial charge < -0.3 is 5.73 Å². The summed E-state index contributed by atoms with van der Waals surface area (Å²) in [5.41, 5.74) is 5.48. The highest BCUT2D eigenvalue weighted by Gasteiger charge is 2.36. The minimum atomic E-state index is -3.76. The van der Waals surface area contributed by atoms with Crippen molar-refractivity contribution in [2.45, 2.75) is 50.3 Å². The van der Waals surface area contributed by atoms with Gasteiger partial charge in [-0.3, -0.25) is 9.52 Å². The Morgan fingerprint density at radius 1 is 1.28 bits per heavy atom. The van der Waals surface area contributed by atoms with E-state index in [1.165, 1.54) is 0 Å². The minimum absolute atomic E-state index is 0.105. The number of nitrogens with two attached hydrogens (primary N) is 1. The largest absolute Gasteiger partial charge is 0.369 e. The smallest absolute Gasteiger partial charge is 0.263 e. The van der Waals surface area contributed by atoms with E-state index < -0.39 is 21.3 Å². The third-order valence-corrected chi connectivity index (χ3v) is 6.28. The molecule has 0 radical (unpaired) electrons. The molecule has 0 saturated heterocycles. The van der Waals surface area contributed by atoms with Crippen LogP contribution in [0.1, 0.15) is 45.0 Å². The highest BCUT2D eigenvalue weighted by Crippen LogP contribution is 2.28. The Hall–Kier alpha value is -2.00. The normalized spacial score (nSPS) is 14.0. The highest BCUT2D eigenvalue weighted by molar-refractivity contribution is 7.93. The molecule has 0 spiro atoms. The monoisotopic (exact) mass is 382 g/mol. The molecule has 0 aliphatic carbocycles. The lowest BCUT2D eigenvalue weighted by Crippen LogP contribution is -2.38. The Kier molecular flexibility index (Phi) is 5.79. The zero-order valence-electron chi connectivity index (χ0n) is 14.4. The number of sulfonamides is 1. The van der Waals surface area contributed by atoms with E-state index in [-0.39, 0.29) is 15.9 Å². The predicted molar refractivity (Wildman–Crippen MR) is 98.0 cm³/mol. The number of hydrogen-bond donors (Lipinski definition) is 2. The number of anilines is 1. The molecule has 1 aromatic heterocycles. The first kappa shape index (κ1) is 19.3. The van der Waals surface area contributed by atoms with Crippen molar-refractivity contribution in [3.63, 3.8) is 0 Å². The summed E-state index contributed by atoms with van der Waals surface area (Å²) in [5, 5.41) is 0.105. The van der Waals surface area contributed by atoms with Crippen molar-refractivity contribution in [2.24, 2.45) is 5.73 Å². The summed E-state index contributed by atoms with van der Waals surface area (Å²) < 4.78 is 31.4. The second-order valence-corrected chi connectivity index (χ2v) is 8.41. The van der Waals surface area contributed by atoms with E-state index in [0.717, 1.165) is 29.9 Å². The second kappa shape index (κ2) is 7.49. The molecule has 9 heteroatoms. The number of carbonyl (C=O) groups excluding carboxylic acids is 1. The van der Waals surface area contributed by atoms with Gasteiger partial charge in [-0.15, -0.1) is 0 Å². The number of rotatable bonds is 8. The number of amides is 1. The van der Waals surface area contributed by atoms with E-state index in [9.17, 15) is 13.2 Å². The van der Waals surface area contributed by atoms with Gasteiger partial charge in [0.05, 0.1) is 4.90 Å². The number of aromatic nitrogens is 2. The molecule has 0 aliphatic rings. The molecular weight excluding hydrogens is 360 g/mol. The maximum atomic E-state index is 12.5. The van der Waals surface area contributed by atoms with Crippen LogP contribution < -0.4 is 10.5 Å². The minimum Gasteiger partial charge on any atom is -0.369 e. The molecule has 3 N–H and O–H groups in total. The summed E-state index contributed by atoms with van der Waals surface area (Å²) in [6.07, 6.45) is 2.31. The molecule has 0 fully saturated rings. The lowest BCUT2D eigenvalue weighted by atomic mass is 9.86. The summed E-state index contributed by atoms with van der Waals surface area (Å²) in [6.45, 7) is 5.50. The van der Waals surface area contributed by atoms with Crippen molar-refractivity contribution in [3.05, 3.63) is 35.7 Å². The van der Waals surface area contributed by atoms with E-state index in [0.29, 0.717) is 6.42 Å². The summed E-state index contributed by atoms with van der Waals surface area (Å²) in [7, 11) is -3.76. The van der Waals surface area contributed by atoms with Gasteiger partial charge in [-0.2, -0.15) is 4.37 Å². The molecule has 0 bridgehead atoms. The standard InChI is InChI=1S/C16H22N4O3S2/c1-4-6-11-7-9-12(10-8-11)25(22,23)20-15-18-14(19-24-15)16(3,5-2)13(17)21/h7-10H,4-6H2,1-3H3,(H2,17,21)(H,18,19,20). The fraction of sp³-hybridized carbons (Fsp3) is 0.438. The van der Waals surface area contributed by atoms with Gasteiger partial charge in [-0.25, -0.2) is 13.4 Å². The van der Waals surface area contributed by atoms with Crippen LogP contribution in [0.3, 0.4) is 0 Å². The molecular formula is C16H22N4O3S2. The van der Waals surface area contributed by atoms with Gasteiger partial charge in [0.15, 0.2) is 5.82 Å². The van der Waals surface area contributed by atoms with Crippen LogP contribution in [-0.4, -0.2) is 23.7 Å². The quantitative estimate of drug-likeness (QED) is 0.727. The molecule has 7 nitrogen and oxygen atoms in total. The van der Waals surface area contributed by atoms with Gasteiger partial charge >= 0.3 is 0 Å². The number of aryl methyl sites for hydroxylation is 1. The van der Waals surface area contributed by atoms with Crippen LogP contribution >= 0.6 is 11.5 Å². The molecule has 1 amide bonds. The van der Waals surface area contributed by atoms with Crippen LogP contribution in [0.2, 0.25) is 0 Å². The Bertz CT molecular complexity index is 847. The number of primary amides is 1. The SMILES string of the molecule is CCCc1ccc(S(=O)(=O)Nc2nc(C(C)(CC)C(N)=O)ns2)cc1. The summed E-state index contributed by atoms with van der Waals surface area (Å²) in [4.78, 5) is 16.0. The molecule has 1 atom stereocenters. The van der Waals surface area contributed by atoms with Crippen molar-refractivity contribution in [3.8, 4) is 0 Å². The molecule has 2 rings (SSSR count). The molecule has 1 unspecified atom stereocenters. The molecule has 1 aromatic carbocycles. The van der Waals surface area contributed by atoms with Crippen LogP contribution in [0.4, 0.5) is 5.13 Å². The van der Waals surface area contributed by atoms with Gasteiger partial charge in [0.1, 0.15) is 5.41 Å². The molecule has 2 aromatic rings. The molecule has 136 valence electrons. The zero-order valence-corrected chi connectivity index (χ0v) is 16.1. The number of nitrogens with zero attached hydrogens (tertiary/aromatic N) is 2. The maximum Gasteiger partial charge on any atom is 0.263 e. The summed E-state index contributed by atoms with van der Waals surface area (Å²) >= 11 is 0.883. The van der Waals surface area contributed by atoms with Crippen molar-refractivity contribution in [1.29, 1.82) is 0 Å². The maximum absolute atomic E-state index is 12.5. The Morgan fingerprint density at radius 3 is 2.44 bits per heavy atom. The lowest BCUT2D eigenvalue weighted by Gasteiger charge is -2.19. The Balaban J connectivity index is 2.23. The van der Waals surface area contributed by atoms with E-state index in [1.807, 2.05) is 0 Å². The van der Waals surface area contributed by atoms with Crippen LogP contribution in [-0.2, 0) is 26.7 Å². The van der Waals surface area contributed by atoms with Crippen LogP contribution in [0.25, 0.3) is 0 Å². The first-order valence-corrected chi connectivity index (χ1v) is 10.2. The van der Waals surface area contributed by atoms with Gasteiger partial charge in [0, 0.05) is 11.5 Å². The van der Waals surface area contributed by atoms with E-state index in [4.69, 9.17) is 5.73 Å². The van der Waals surface area contributed by atoms with E-state index in [2.05, 4.69) is 21.0 Å². The van der Waals surface area contributed by atoms with Crippen LogP contribution in [0.15, 0.2) is 29.2 Å². The van der Waals surface area contributed by atoms with Gasteiger partial charge in [-0.05, 0) is 37.5 Å². The van der Waals surface area contributed by atoms with Gasteiger partial charge in [0.2, 0.25) is 11.0 Å². The van der Waals surface area contributed by atoms with E-state index in [1.54, 1.807) is 38.1 Å². The first-order valence-electron chi connectivity index (χ1n) is 7.98. The topological polar surface area (TPSA) is 115 Å². The zero-order chi connectivity index (χ0) is 18.7. The molecule has 25 heavy (non-hydrogen) atoms. The Morgan fingerprint density at radius 2 is 1.92 bits per heavy atom. The third kappa shape index (κ3) is 4.16. The number of benzene rings is 1. The molecule has 1 heterocycles. The fourth-order valence-electron chi connectivity index (χ4n) is 2.23. The third-order valence-electron chi connectivity index (χ3n) is 4.16. The van der Waals surface area contributed by atoms with Crippen LogP contribution in [0, 0.1) is 0 Å². The number of carbonyl (C=O) groups is 1. The van der Waals surface area contributed by atoms with Gasteiger partial charge in [0.25, 0.3) is 10.0 Å². The molecule has 0 saturated carbocycles. The summed E-state index contributed by atoms with van der Waals surface area (Å²) in [6, 6.07) is 6.72. The fourth-order valence-corrected chi connectivity index (χ4v) is 4.14. The van der Waals surface area contributed by atoms with Crippen LogP contribution in [0.5, 0.6) is 0 Å². The van der Waals surface area contributed by atoms with E-state index >= 15 is 0 Å². The average Bonchev–Trinajstić information content (AvgIpc) is 3.03. The molecule has 0 aliphatic heterocycles. The van der Waals surface area contributed by atoms with Crippen molar-refractivity contribution >= 4 is 32.6 Å². The first-order chi connectivity index (χ1) is 11.7. The highest BCUT2D eigenvalue weighted by atomic mass is 32.2.